The molecule has 7 heteroatoms. The van der Waals surface area contributed by atoms with Crippen molar-refractivity contribution in [3.8, 4) is 0 Å². The molecule has 0 aliphatic carbocycles. The van der Waals surface area contributed by atoms with E-state index in [9.17, 15) is 4.79 Å². The zero-order valence-electron chi connectivity index (χ0n) is 12.2. The first-order chi connectivity index (χ1) is 9.98. The van der Waals surface area contributed by atoms with Crippen molar-refractivity contribution in [1.82, 2.24) is 14.9 Å². The molecule has 114 valence electrons. The third kappa shape index (κ3) is 2.70. The number of carbonyl (C=O) groups excluding carboxylic acids is 1. The van der Waals surface area contributed by atoms with Crippen molar-refractivity contribution in [1.29, 1.82) is 0 Å². The molecule has 3 rings (SSSR count). The van der Waals surface area contributed by atoms with E-state index in [0.29, 0.717) is 18.5 Å². The second-order valence-corrected chi connectivity index (χ2v) is 6.31. The number of halogens is 1. The Kier molecular flexibility index (Phi) is 3.75. The Morgan fingerprint density at radius 2 is 2.19 bits per heavy atom. The molecule has 21 heavy (non-hydrogen) atoms. The van der Waals surface area contributed by atoms with Crippen molar-refractivity contribution in [3.05, 3.63) is 17.5 Å². The number of fused-ring (bicyclic) bond motifs is 1. The SMILES string of the molecule is CC1(C)c2cnc(NC3CCOCC3)nc2CN1C(=O)Cl. The second kappa shape index (κ2) is 5.42. The summed E-state index contributed by atoms with van der Waals surface area (Å²) in [6, 6.07) is 0.344. The third-order valence-electron chi connectivity index (χ3n) is 4.28. The highest BCUT2D eigenvalue weighted by Crippen LogP contribution is 2.38. The van der Waals surface area contributed by atoms with Gasteiger partial charge in [0.05, 0.1) is 17.8 Å². The van der Waals surface area contributed by atoms with Crippen LogP contribution in [0.25, 0.3) is 0 Å². The standard InChI is InChI=1S/C14H19ClN4O2/c1-14(2)10-7-16-13(17-9-3-5-21-6-4-9)18-11(10)8-19(14)12(15)20/h7,9H,3-6,8H2,1-2H3,(H,16,17,18). The smallest absolute Gasteiger partial charge is 0.317 e. The minimum atomic E-state index is -0.467. The maximum atomic E-state index is 11.5. The van der Waals surface area contributed by atoms with Gasteiger partial charge in [-0.25, -0.2) is 9.97 Å². The normalized spacial score (nSPS) is 21.2. The maximum Gasteiger partial charge on any atom is 0.317 e. The molecule has 6 nitrogen and oxygen atoms in total. The minimum Gasteiger partial charge on any atom is -0.381 e. The molecule has 0 aromatic carbocycles. The number of nitrogens with zero attached hydrogens (tertiary/aromatic N) is 3. The quantitative estimate of drug-likeness (QED) is 0.671. The Hall–Kier alpha value is -1.40. The number of aromatic nitrogens is 2. The Balaban J connectivity index is 1.80. The monoisotopic (exact) mass is 310 g/mol. The molecule has 0 bridgehead atoms. The number of hydrogen-bond acceptors (Lipinski definition) is 5. The number of anilines is 1. The van der Waals surface area contributed by atoms with Gasteiger partial charge in [0.25, 0.3) is 0 Å². The molecule has 0 spiro atoms. The number of ether oxygens (including phenoxy) is 1. The van der Waals surface area contributed by atoms with Crippen molar-refractivity contribution in [2.24, 2.45) is 0 Å². The highest BCUT2D eigenvalue weighted by molar-refractivity contribution is 6.62. The van der Waals surface area contributed by atoms with Crippen molar-refractivity contribution < 1.29 is 9.53 Å². The van der Waals surface area contributed by atoms with Gasteiger partial charge in [0.1, 0.15) is 0 Å². The van der Waals surface area contributed by atoms with Gasteiger partial charge in [0, 0.05) is 31.0 Å². The van der Waals surface area contributed by atoms with Gasteiger partial charge in [-0.2, -0.15) is 0 Å². The predicted molar refractivity (Wildman–Crippen MR) is 79.3 cm³/mol. The summed E-state index contributed by atoms with van der Waals surface area (Å²) in [5, 5.41) is 2.88. The molecular formula is C14H19ClN4O2. The average molecular weight is 311 g/mol. The third-order valence-corrected chi connectivity index (χ3v) is 4.48. The van der Waals surface area contributed by atoms with Crippen LogP contribution in [0.1, 0.15) is 37.9 Å². The molecule has 0 atom stereocenters. The van der Waals surface area contributed by atoms with E-state index in [1.807, 2.05) is 13.8 Å². The van der Waals surface area contributed by atoms with E-state index in [0.717, 1.165) is 37.3 Å². The summed E-state index contributed by atoms with van der Waals surface area (Å²) < 4.78 is 5.34. The van der Waals surface area contributed by atoms with Gasteiger partial charge in [-0.1, -0.05) is 0 Å². The van der Waals surface area contributed by atoms with Gasteiger partial charge in [-0.15, -0.1) is 0 Å². The average Bonchev–Trinajstić information content (AvgIpc) is 2.71. The molecular weight excluding hydrogens is 292 g/mol. The molecule has 1 saturated heterocycles. The summed E-state index contributed by atoms with van der Waals surface area (Å²) >= 11 is 5.66. The van der Waals surface area contributed by atoms with Gasteiger partial charge >= 0.3 is 5.37 Å². The molecule has 1 amide bonds. The Morgan fingerprint density at radius 3 is 2.86 bits per heavy atom. The fourth-order valence-corrected chi connectivity index (χ4v) is 3.19. The molecule has 1 N–H and O–H groups in total. The Labute approximate surface area is 128 Å². The lowest BCUT2D eigenvalue weighted by atomic mass is 9.98. The van der Waals surface area contributed by atoms with E-state index in [1.165, 1.54) is 0 Å². The van der Waals surface area contributed by atoms with Crippen LogP contribution in [0.5, 0.6) is 0 Å². The summed E-state index contributed by atoms with van der Waals surface area (Å²) in [4.78, 5) is 22.1. The van der Waals surface area contributed by atoms with E-state index in [-0.39, 0.29) is 0 Å². The number of hydrogen-bond donors (Lipinski definition) is 1. The van der Waals surface area contributed by atoms with Crippen LogP contribution in [0.15, 0.2) is 6.20 Å². The number of nitrogens with one attached hydrogen (secondary N) is 1. The lowest BCUT2D eigenvalue weighted by molar-refractivity contribution is 0.0903. The number of amides is 1. The van der Waals surface area contributed by atoms with E-state index < -0.39 is 10.9 Å². The van der Waals surface area contributed by atoms with Crippen LogP contribution < -0.4 is 5.32 Å². The fraction of sp³-hybridized carbons (Fsp3) is 0.643. The molecule has 2 aliphatic rings. The van der Waals surface area contributed by atoms with Crippen LogP contribution in [0.3, 0.4) is 0 Å². The molecule has 0 radical (unpaired) electrons. The van der Waals surface area contributed by atoms with Crippen molar-refractivity contribution in [2.75, 3.05) is 18.5 Å². The molecule has 1 aromatic rings. The first kappa shape index (κ1) is 14.5. The first-order valence-corrected chi connectivity index (χ1v) is 7.54. The fourth-order valence-electron chi connectivity index (χ4n) is 2.92. The first-order valence-electron chi connectivity index (χ1n) is 7.16. The number of rotatable bonds is 2. The Bertz CT molecular complexity index is 558. The van der Waals surface area contributed by atoms with Crippen LogP contribution in [0.4, 0.5) is 10.7 Å². The van der Waals surface area contributed by atoms with Gasteiger partial charge in [0.15, 0.2) is 0 Å². The summed E-state index contributed by atoms with van der Waals surface area (Å²) in [5.74, 6) is 0.611. The van der Waals surface area contributed by atoms with Crippen molar-refractivity contribution >= 4 is 22.9 Å². The topological polar surface area (TPSA) is 67.4 Å². The van der Waals surface area contributed by atoms with Crippen LogP contribution in [0.2, 0.25) is 0 Å². The zero-order chi connectivity index (χ0) is 15.0. The molecule has 3 heterocycles. The summed E-state index contributed by atoms with van der Waals surface area (Å²) in [6.07, 6.45) is 3.71. The van der Waals surface area contributed by atoms with E-state index in [2.05, 4.69) is 15.3 Å². The molecule has 0 saturated carbocycles. The van der Waals surface area contributed by atoms with E-state index in [4.69, 9.17) is 16.3 Å². The molecule has 0 unspecified atom stereocenters. The highest BCUT2D eigenvalue weighted by atomic mass is 35.5. The largest absolute Gasteiger partial charge is 0.381 e. The second-order valence-electron chi connectivity index (χ2n) is 5.98. The molecule has 1 fully saturated rings. The van der Waals surface area contributed by atoms with Crippen molar-refractivity contribution in [3.63, 3.8) is 0 Å². The van der Waals surface area contributed by atoms with Gasteiger partial charge in [-0.05, 0) is 38.3 Å². The van der Waals surface area contributed by atoms with Crippen LogP contribution in [-0.4, -0.2) is 39.5 Å². The van der Waals surface area contributed by atoms with Crippen LogP contribution in [0, 0.1) is 0 Å². The van der Waals surface area contributed by atoms with E-state index >= 15 is 0 Å². The van der Waals surface area contributed by atoms with Crippen molar-refractivity contribution in [2.45, 2.75) is 44.8 Å². The van der Waals surface area contributed by atoms with Gasteiger partial charge in [-0.3, -0.25) is 4.79 Å². The number of carbonyl (C=O) groups is 1. The summed E-state index contributed by atoms with van der Waals surface area (Å²) in [7, 11) is 0. The summed E-state index contributed by atoms with van der Waals surface area (Å²) in [5.41, 5.74) is 1.35. The van der Waals surface area contributed by atoms with E-state index in [1.54, 1.807) is 11.1 Å². The minimum absolute atomic E-state index is 0.344. The highest BCUT2D eigenvalue weighted by Gasteiger charge is 2.41. The molecule has 1 aromatic heterocycles. The van der Waals surface area contributed by atoms with Gasteiger partial charge < -0.3 is 15.0 Å². The van der Waals surface area contributed by atoms with Crippen LogP contribution in [-0.2, 0) is 16.8 Å². The summed E-state index contributed by atoms with van der Waals surface area (Å²) in [6.45, 7) is 5.87. The van der Waals surface area contributed by atoms with Gasteiger partial charge in [0.2, 0.25) is 5.95 Å². The predicted octanol–water partition coefficient (Wildman–Crippen LogP) is 2.48. The lowest BCUT2D eigenvalue weighted by Gasteiger charge is -2.29. The lowest BCUT2D eigenvalue weighted by Crippen LogP contribution is -2.37. The molecule has 2 aliphatic heterocycles. The zero-order valence-corrected chi connectivity index (χ0v) is 13.0. The maximum absolute atomic E-state index is 11.5. The van der Waals surface area contributed by atoms with Crippen LogP contribution >= 0.6 is 11.6 Å². The Morgan fingerprint density at radius 1 is 1.48 bits per heavy atom.